The maximum Gasteiger partial charge on any atom is 0.327 e. The third-order valence-corrected chi connectivity index (χ3v) is 2.45. The van der Waals surface area contributed by atoms with Crippen LogP contribution in [0.25, 0.3) is 5.82 Å². The van der Waals surface area contributed by atoms with E-state index < -0.39 is 0 Å². The minimum atomic E-state index is 0.979. The van der Waals surface area contributed by atoms with Crippen molar-refractivity contribution in [3.05, 3.63) is 53.5 Å². The number of pyridine rings is 2. The molecule has 2 heterocycles. The Morgan fingerprint density at radius 3 is 2.40 bits per heavy atom. The first kappa shape index (κ1) is 9.84. The van der Waals surface area contributed by atoms with Crippen molar-refractivity contribution in [1.29, 1.82) is 0 Å². The number of aromatic nitrogens is 2. The zero-order valence-corrected chi connectivity index (χ0v) is 9.36. The van der Waals surface area contributed by atoms with Gasteiger partial charge in [-0.3, -0.25) is 0 Å². The molecule has 0 saturated heterocycles. The fourth-order valence-electron chi connectivity index (χ4n) is 1.67. The second-order valence-electron chi connectivity index (χ2n) is 3.91. The van der Waals surface area contributed by atoms with E-state index in [1.165, 1.54) is 16.8 Å². The van der Waals surface area contributed by atoms with Crippen molar-refractivity contribution in [2.75, 3.05) is 0 Å². The Morgan fingerprint density at radius 2 is 1.73 bits per heavy atom. The van der Waals surface area contributed by atoms with E-state index in [9.17, 15) is 0 Å². The molecule has 0 aliphatic carbocycles. The highest BCUT2D eigenvalue weighted by atomic mass is 15.0. The molecule has 0 unspecified atom stereocenters. The molecule has 2 aromatic heterocycles. The molecule has 0 saturated carbocycles. The van der Waals surface area contributed by atoms with Crippen LogP contribution in [0.5, 0.6) is 0 Å². The molecule has 0 aliphatic heterocycles. The topological polar surface area (TPSA) is 16.8 Å². The molecule has 2 rings (SSSR count). The van der Waals surface area contributed by atoms with Crippen LogP contribution in [0.15, 0.2) is 36.7 Å². The maximum atomic E-state index is 4.36. The quantitative estimate of drug-likeness (QED) is 0.644. The standard InChI is InChI=1S/C13H15N2/c1-10-4-6-14-13(9-10)15-7-5-11(2)8-12(15)3/h4-9H,1-3H3/q+1. The van der Waals surface area contributed by atoms with Crippen LogP contribution in [-0.4, -0.2) is 4.98 Å². The fourth-order valence-corrected chi connectivity index (χ4v) is 1.67. The van der Waals surface area contributed by atoms with Crippen molar-refractivity contribution >= 4 is 0 Å². The first-order valence-electron chi connectivity index (χ1n) is 5.09. The molecule has 0 radical (unpaired) electrons. The lowest BCUT2D eigenvalue weighted by Gasteiger charge is -2.01. The average molecular weight is 199 g/mol. The predicted octanol–water partition coefficient (Wildman–Crippen LogP) is 2.28. The largest absolute Gasteiger partial charge is 0.327 e. The maximum absolute atomic E-state index is 4.36. The molecular weight excluding hydrogens is 184 g/mol. The van der Waals surface area contributed by atoms with Gasteiger partial charge in [-0.05, 0) is 55.1 Å². The number of rotatable bonds is 1. The van der Waals surface area contributed by atoms with Gasteiger partial charge in [0, 0.05) is 6.07 Å². The molecule has 0 spiro atoms. The third kappa shape index (κ3) is 2.04. The highest BCUT2D eigenvalue weighted by Crippen LogP contribution is 2.03. The Labute approximate surface area is 90.2 Å². The number of nitrogens with zero attached hydrogens (tertiary/aromatic N) is 2. The highest BCUT2D eigenvalue weighted by Gasteiger charge is 2.09. The number of aryl methyl sites for hydroxylation is 3. The lowest BCUT2D eigenvalue weighted by Crippen LogP contribution is -2.34. The molecule has 0 aliphatic rings. The molecular formula is C13H15N2+. The van der Waals surface area contributed by atoms with Gasteiger partial charge in [0.2, 0.25) is 0 Å². The van der Waals surface area contributed by atoms with Crippen LogP contribution in [0, 0.1) is 20.8 Å². The molecule has 0 bridgehead atoms. The van der Waals surface area contributed by atoms with E-state index in [-0.39, 0.29) is 0 Å². The van der Waals surface area contributed by atoms with Gasteiger partial charge in [-0.25, -0.2) is 4.57 Å². The van der Waals surface area contributed by atoms with Gasteiger partial charge < -0.3 is 0 Å². The molecule has 2 nitrogen and oxygen atoms in total. The zero-order valence-electron chi connectivity index (χ0n) is 9.36. The molecule has 0 N–H and O–H groups in total. The molecule has 2 heteroatoms. The number of hydrogen-bond acceptors (Lipinski definition) is 1. The molecule has 76 valence electrons. The lowest BCUT2D eigenvalue weighted by atomic mass is 10.2. The summed E-state index contributed by atoms with van der Waals surface area (Å²) in [5.41, 5.74) is 3.71. The van der Waals surface area contributed by atoms with E-state index in [0.717, 1.165) is 5.82 Å². The van der Waals surface area contributed by atoms with E-state index in [1.54, 1.807) is 0 Å². The molecule has 0 fully saturated rings. The van der Waals surface area contributed by atoms with E-state index in [1.807, 2.05) is 12.3 Å². The SMILES string of the molecule is Cc1ccnc(-[n+]2ccc(C)cc2C)c1. The third-order valence-electron chi connectivity index (χ3n) is 2.45. The van der Waals surface area contributed by atoms with Crippen LogP contribution >= 0.6 is 0 Å². The van der Waals surface area contributed by atoms with Gasteiger partial charge in [-0.15, -0.1) is 0 Å². The molecule has 2 aromatic rings. The first-order chi connectivity index (χ1) is 7.16. The van der Waals surface area contributed by atoms with Crippen LogP contribution in [0.1, 0.15) is 16.8 Å². The summed E-state index contributed by atoms with van der Waals surface area (Å²) in [5, 5.41) is 0. The van der Waals surface area contributed by atoms with E-state index >= 15 is 0 Å². The summed E-state index contributed by atoms with van der Waals surface area (Å²) in [6.45, 7) is 6.27. The van der Waals surface area contributed by atoms with Gasteiger partial charge in [0.1, 0.15) is 11.9 Å². The second-order valence-corrected chi connectivity index (χ2v) is 3.91. The average Bonchev–Trinajstić information content (AvgIpc) is 2.17. The summed E-state index contributed by atoms with van der Waals surface area (Å²) in [4.78, 5) is 4.36. The van der Waals surface area contributed by atoms with Crippen molar-refractivity contribution in [3.8, 4) is 5.82 Å². The van der Waals surface area contributed by atoms with Crippen molar-refractivity contribution < 1.29 is 4.57 Å². The zero-order chi connectivity index (χ0) is 10.8. The van der Waals surface area contributed by atoms with Gasteiger partial charge in [0.05, 0.1) is 6.20 Å². The van der Waals surface area contributed by atoms with Crippen LogP contribution in [0.2, 0.25) is 0 Å². The molecule has 0 amide bonds. The lowest BCUT2D eigenvalue weighted by molar-refractivity contribution is -0.606. The summed E-state index contributed by atoms with van der Waals surface area (Å²) in [6, 6.07) is 8.34. The van der Waals surface area contributed by atoms with Crippen LogP contribution in [0.3, 0.4) is 0 Å². The van der Waals surface area contributed by atoms with E-state index in [2.05, 4.69) is 54.7 Å². The molecule has 0 atom stereocenters. The smallest absolute Gasteiger partial charge is 0.201 e. The summed E-state index contributed by atoms with van der Waals surface area (Å²) >= 11 is 0. The van der Waals surface area contributed by atoms with Crippen LogP contribution in [0.4, 0.5) is 0 Å². The monoisotopic (exact) mass is 199 g/mol. The van der Waals surface area contributed by atoms with Crippen molar-refractivity contribution in [2.45, 2.75) is 20.8 Å². The highest BCUT2D eigenvalue weighted by molar-refractivity contribution is 5.20. The fraction of sp³-hybridized carbons (Fsp3) is 0.231. The van der Waals surface area contributed by atoms with E-state index in [0.29, 0.717) is 0 Å². The van der Waals surface area contributed by atoms with Crippen molar-refractivity contribution in [1.82, 2.24) is 4.98 Å². The number of hydrogen-bond donors (Lipinski definition) is 0. The summed E-state index contributed by atoms with van der Waals surface area (Å²) < 4.78 is 2.10. The minimum Gasteiger partial charge on any atom is -0.201 e. The Kier molecular flexibility index (Phi) is 2.50. The normalized spacial score (nSPS) is 10.3. The Bertz CT molecular complexity index is 490. The van der Waals surface area contributed by atoms with Crippen LogP contribution in [-0.2, 0) is 0 Å². The first-order valence-corrected chi connectivity index (χ1v) is 5.09. The molecule has 15 heavy (non-hydrogen) atoms. The Balaban J connectivity index is 2.54. The Hall–Kier alpha value is -1.70. The van der Waals surface area contributed by atoms with Crippen LogP contribution < -0.4 is 4.57 Å². The van der Waals surface area contributed by atoms with Crippen molar-refractivity contribution in [2.24, 2.45) is 0 Å². The molecule has 0 aromatic carbocycles. The predicted molar refractivity (Wildman–Crippen MR) is 60.0 cm³/mol. The van der Waals surface area contributed by atoms with Crippen molar-refractivity contribution in [3.63, 3.8) is 0 Å². The van der Waals surface area contributed by atoms with Gasteiger partial charge in [0.25, 0.3) is 0 Å². The van der Waals surface area contributed by atoms with Gasteiger partial charge >= 0.3 is 5.82 Å². The second kappa shape index (κ2) is 3.81. The van der Waals surface area contributed by atoms with Gasteiger partial charge in [-0.1, -0.05) is 0 Å². The minimum absolute atomic E-state index is 0.979. The summed E-state index contributed by atoms with van der Waals surface area (Å²) in [5.74, 6) is 0.979. The van der Waals surface area contributed by atoms with E-state index in [4.69, 9.17) is 0 Å². The Morgan fingerprint density at radius 1 is 1.00 bits per heavy atom. The van der Waals surface area contributed by atoms with Gasteiger partial charge in [0.15, 0.2) is 0 Å². The van der Waals surface area contributed by atoms with Gasteiger partial charge in [-0.2, -0.15) is 0 Å². The summed E-state index contributed by atoms with van der Waals surface area (Å²) in [6.07, 6.45) is 3.91. The summed E-state index contributed by atoms with van der Waals surface area (Å²) in [7, 11) is 0.